The number of aryl methyl sites for hydroxylation is 1. The van der Waals surface area contributed by atoms with E-state index in [9.17, 15) is 4.79 Å². The molecule has 0 aromatic carbocycles. The summed E-state index contributed by atoms with van der Waals surface area (Å²) >= 11 is 0. The zero-order valence-corrected chi connectivity index (χ0v) is 13.4. The molecule has 2 saturated heterocycles. The van der Waals surface area contributed by atoms with Gasteiger partial charge in [0.15, 0.2) is 5.69 Å². The van der Waals surface area contributed by atoms with Crippen LogP contribution in [0, 0.1) is 5.41 Å². The molecule has 1 aromatic heterocycles. The van der Waals surface area contributed by atoms with Crippen molar-refractivity contribution < 1.29 is 4.79 Å². The van der Waals surface area contributed by atoms with Gasteiger partial charge in [-0.3, -0.25) is 9.48 Å². The van der Waals surface area contributed by atoms with Gasteiger partial charge in [0.05, 0.1) is 0 Å². The minimum Gasteiger partial charge on any atom is -0.337 e. The van der Waals surface area contributed by atoms with Gasteiger partial charge in [-0.05, 0) is 43.2 Å². The van der Waals surface area contributed by atoms with E-state index in [0.717, 1.165) is 44.7 Å². The number of amides is 1. The van der Waals surface area contributed by atoms with Crippen molar-refractivity contribution in [2.75, 3.05) is 26.2 Å². The summed E-state index contributed by atoms with van der Waals surface area (Å²) in [5, 5.41) is 7.87. The smallest absolute Gasteiger partial charge is 0.274 e. The second-order valence-corrected chi connectivity index (χ2v) is 6.95. The van der Waals surface area contributed by atoms with Crippen molar-refractivity contribution in [1.82, 2.24) is 20.0 Å². The fourth-order valence-electron chi connectivity index (χ4n) is 3.69. The fourth-order valence-corrected chi connectivity index (χ4v) is 3.69. The molecule has 2 aliphatic heterocycles. The normalized spacial score (nSPS) is 21.4. The van der Waals surface area contributed by atoms with E-state index >= 15 is 0 Å². The van der Waals surface area contributed by atoms with Crippen LogP contribution in [0.2, 0.25) is 0 Å². The van der Waals surface area contributed by atoms with Crippen LogP contribution >= 0.6 is 0 Å². The molecule has 0 unspecified atom stereocenters. The maximum Gasteiger partial charge on any atom is 0.274 e. The van der Waals surface area contributed by atoms with Gasteiger partial charge in [0.1, 0.15) is 0 Å². The summed E-state index contributed by atoms with van der Waals surface area (Å²) in [6.07, 6.45) is 3.50. The third kappa shape index (κ3) is 2.71. The number of nitrogens with one attached hydrogen (secondary N) is 1. The van der Waals surface area contributed by atoms with E-state index in [2.05, 4.69) is 24.3 Å². The SMILES string of the molecule is CC(C)c1cc(C(=O)N2CCC3(CCNC3)CC2)nn1C. The first-order valence-corrected chi connectivity index (χ1v) is 8.05. The second kappa shape index (κ2) is 5.44. The number of likely N-dealkylation sites (tertiary alicyclic amines) is 1. The third-order valence-electron chi connectivity index (χ3n) is 5.17. The van der Waals surface area contributed by atoms with Gasteiger partial charge in [0, 0.05) is 32.4 Å². The zero-order valence-electron chi connectivity index (χ0n) is 13.4. The summed E-state index contributed by atoms with van der Waals surface area (Å²) < 4.78 is 1.84. The lowest BCUT2D eigenvalue weighted by Gasteiger charge is -2.38. The van der Waals surface area contributed by atoms with E-state index in [1.807, 2.05) is 22.7 Å². The van der Waals surface area contributed by atoms with Crippen LogP contribution in [0.15, 0.2) is 6.07 Å². The molecule has 21 heavy (non-hydrogen) atoms. The van der Waals surface area contributed by atoms with Crippen molar-refractivity contribution in [2.24, 2.45) is 12.5 Å². The average Bonchev–Trinajstić information content (AvgIpc) is 3.06. The predicted octanol–water partition coefficient (Wildman–Crippen LogP) is 1.76. The van der Waals surface area contributed by atoms with Crippen LogP contribution in [-0.2, 0) is 7.05 Å². The van der Waals surface area contributed by atoms with Gasteiger partial charge in [0.2, 0.25) is 0 Å². The van der Waals surface area contributed by atoms with Gasteiger partial charge in [-0.25, -0.2) is 0 Å². The molecule has 2 aliphatic rings. The number of hydrogen-bond donors (Lipinski definition) is 1. The first kappa shape index (κ1) is 14.6. The summed E-state index contributed by atoms with van der Waals surface area (Å²) in [5.74, 6) is 0.483. The van der Waals surface area contributed by atoms with Gasteiger partial charge in [-0.15, -0.1) is 0 Å². The zero-order chi connectivity index (χ0) is 15.0. The van der Waals surface area contributed by atoms with Crippen LogP contribution in [-0.4, -0.2) is 46.8 Å². The van der Waals surface area contributed by atoms with Crippen molar-refractivity contribution in [3.05, 3.63) is 17.5 Å². The Hall–Kier alpha value is -1.36. The molecular weight excluding hydrogens is 264 g/mol. The molecule has 0 aliphatic carbocycles. The number of carbonyl (C=O) groups excluding carboxylic acids is 1. The molecule has 1 spiro atoms. The quantitative estimate of drug-likeness (QED) is 0.903. The Morgan fingerprint density at radius 3 is 2.57 bits per heavy atom. The summed E-state index contributed by atoms with van der Waals surface area (Å²) in [6, 6.07) is 1.95. The summed E-state index contributed by atoms with van der Waals surface area (Å²) in [7, 11) is 1.92. The number of carbonyl (C=O) groups is 1. The molecule has 0 bridgehead atoms. The van der Waals surface area contributed by atoms with E-state index in [4.69, 9.17) is 0 Å². The molecule has 0 radical (unpaired) electrons. The lowest BCUT2D eigenvalue weighted by molar-refractivity contribution is 0.0601. The van der Waals surface area contributed by atoms with Crippen molar-refractivity contribution in [3.8, 4) is 0 Å². The van der Waals surface area contributed by atoms with Crippen LogP contribution in [0.25, 0.3) is 0 Å². The minimum absolute atomic E-state index is 0.0957. The molecule has 3 rings (SSSR count). The Morgan fingerprint density at radius 1 is 1.33 bits per heavy atom. The summed E-state index contributed by atoms with van der Waals surface area (Å²) in [6.45, 7) is 8.25. The number of rotatable bonds is 2. The maximum atomic E-state index is 12.6. The molecule has 5 heteroatoms. The molecule has 5 nitrogen and oxygen atoms in total. The van der Waals surface area contributed by atoms with E-state index in [1.54, 1.807) is 0 Å². The van der Waals surface area contributed by atoms with E-state index in [0.29, 0.717) is 17.0 Å². The minimum atomic E-state index is 0.0957. The molecule has 116 valence electrons. The predicted molar refractivity (Wildman–Crippen MR) is 82.4 cm³/mol. The second-order valence-electron chi connectivity index (χ2n) is 6.95. The molecule has 3 heterocycles. The lowest BCUT2D eigenvalue weighted by Crippen LogP contribution is -2.44. The maximum absolute atomic E-state index is 12.6. The van der Waals surface area contributed by atoms with Crippen LogP contribution in [0.3, 0.4) is 0 Å². The lowest BCUT2D eigenvalue weighted by atomic mass is 9.78. The molecule has 0 saturated carbocycles. The number of hydrogen-bond acceptors (Lipinski definition) is 3. The monoisotopic (exact) mass is 290 g/mol. The van der Waals surface area contributed by atoms with Crippen LogP contribution in [0.1, 0.15) is 55.2 Å². The standard InChI is InChI=1S/C16H26N4O/c1-12(2)14-10-13(18-19(14)3)15(21)20-8-5-16(6-9-20)4-7-17-11-16/h10,12,17H,4-9,11H2,1-3H3. The van der Waals surface area contributed by atoms with Gasteiger partial charge in [-0.2, -0.15) is 5.10 Å². The largest absolute Gasteiger partial charge is 0.337 e. The van der Waals surface area contributed by atoms with Crippen LogP contribution < -0.4 is 5.32 Å². The van der Waals surface area contributed by atoms with Crippen molar-refractivity contribution in [2.45, 2.75) is 39.0 Å². The highest BCUT2D eigenvalue weighted by molar-refractivity contribution is 5.92. The molecule has 1 aromatic rings. The first-order chi connectivity index (χ1) is 10.0. The number of aromatic nitrogens is 2. The average molecular weight is 290 g/mol. The number of piperidine rings is 1. The van der Waals surface area contributed by atoms with Gasteiger partial charge in [-0.1, -0.05) is 13.8 Å². The first-order valence-electron chi connectivity index (χ1n) is 8.05. The van der Waals surface area contributed by atoms with Crippen molar-refractivity contribution in [3.63, 3.8) is 0 Å². The van der Waals surface area contributed by atoms with Crippen LogP contribution in [0.5, 0.6) is 0 Å². The number of nitrogens with zero attached hydrogens (tertiary/aromatic N) is 3. The molecule has 0 atom stereocenters. The molecule has 1 N–H and O–H groups in total. The molecule has 2 fully saturated rings. The van der Waals surface area contributed by atoms with Crippen LogP contribution in [0.4, 0.5) is 0 Å². The van der Waals surface area contributed by atoms with Crippen molar-refractivity contribution in [1.29, 1.82) is 0 Å². The van der Waals surface area contributed by atoms with Gasteiger partial charge >= 0.3 is 0 Å². The fraction of sp³-hybridized carbons (Fsp3) is 0.750. The summed E-state index contributed by atoms with van der Waals surface area (Å²) in [4.78, 5) is 14.6. The topological polar surface area (TPSA) is 50.2 Å². The Morgan fingerprint density at radius 2 is 2.05 bits per heavy atom. The molecule has 1 amide bonds. The van der Waals surface area contributed by atoms with Gasteiger partial charge in [0.25, 0.3) is 5.91 Å². The van der Waals surface area contributed by atoms with E-state index < -0.39 is 0 Å². The van der Waals surface area contributed by atoms with E-state index in [1.165, 1.54) is 6.42 Å². The Balaban J connectivity index is 1.67. The van der Waals surface area contributed by atoms with E-state index in [-0.39, 0.29) is 5.91 Å². The van der Waals surface area contributed by atoms with Gasteiger partial charge < -0.3 is 10.2 Å². The summed E-state index contributed by atoms with van der Waals surface area (Å²) in [5.41, 5.74) is 2.16. The Bertz CT molecular complexity index is 518. The Labute approximate surface area is 126 Å². The highest BCUT2D eigenvalue weighted by atomic mass is 16.2. The Kier molecular flexibility index (Phi) is 3.78. The third-order valence-corrected chi connectivity index (χ3v) is 5.17. The molecular formula is C16H26N4O. The highest BCUT2D eigenvalue weighted by Crippen LogP contribution is 2.37. The highest BCUT2D eigenvalue weighted by Gasteiger charge is 2.38. The van der Waals surface area contributed by atoms with Crippen molar-refractivity contribution >= 4 is 5.91 Å².